The molecule has 112 valence electrons. The van der Waals surface area contributed by atoms with Crippen molar-refractivity contribution in [2.45, 2.75) is 13.5 Å². The molecule has 1 amide bonds. The largest absolute Gasteiger partial charge is 0.443 e. The number of rotatable bonds is 4. The number of aryl methyl sites for hydroxylation is 1. The second-order valence-electron chi connectivity index (χ2n) is 4.62. The van der Waals surface area contributed by atoms with E-state index in [-0.39, 0.29) is 13.2 Å². The molecule has 0 spiro atoms. The predicted molar refractivity (Wildman–Crippen MR) is 83.8 cm³/mol. The van der Waals surface area contributed by atoms with Crippen LogP contribution in [0.15, 0.2) is 54.6 Å². The lowest BCUT2D eigenvalue weighted by Gasteiger charge is -2.05. The number of benzene rings is 2. The molecule has 2 rings (SSSR count). The molecule has 2 aromatic rings. The van der Waals surface area contributed by atoms with Crippen LogP contribution in [0.1, 0.15) is 16.7 Å². The fourth-order valence-electron chi connectivity index (χ4n) is 1.66. The minimum Gasteiger partial charge on any atom is -0.443 e. The fraction of sp³-hybridized carbons (Fsp3) is 0.167. The summed E-state index contributed by atoms with van der Waals surface area (Å²) < 4.78 is 4.98. The molecule has 0 aliphatic rings. The van der Waals surface area contributed by atoms with Gasteiger partial charge in [0.1, 0.15) is 13.2 Å². The third-order valence-electron chi connectivity index (χ3n) is 2.80. The topological polar surface area (TPSA) is 47.6 Å². The van der Waals surface area contributed by atoms with Crippen molar-refractivity contribution in [3.63, 3.8) is 0 Å². The molecular weight excluding hydrogens is 278 g/mol. The molecule has 0 atom stereocenters. The van der Waals surface area contributed by atoms with E-state index in [1.165, 1.54) is 5.56 Å². The first kappa shape index (κ1) is 15.6. The molecule has 0 saturated heterocycles. The maximum absolute atomic E-state index is 11.4. The Hall–Kier alpha value is -2.77. The van der Waals surface area contributed by atoms with Crippen LogP contribution in [0.2, 0.25) is 0 Å². The number of hydrogen-bond donors (Lipinski definition) is 1. The Morgan fingerprint density at radius 3 is 2.55 bits per heavy atom. The lowest BCUT2D eigenvalue weighted by Crippen LogP contribution is -2.24. The van der Waals surface area contributed by atoms with Crippen molar-refractivity contribution < 1.29 is 14.4 Å². The van der Waals surface area contributed by atoms with Gasteiger partial charge in [0.2, 0.25) is 0 Å². The van der Waals surface area contributed by atoms with Crippen molar-refractivity contribution in [3.8, 4) is 11.8 Å². The van der Waals surface area contributed by atoms with Crippen LogP contribution in [0, 0.1) is 18.8 Å². The third kappa shape index (κ3) is 5.70. The highest BCUT2D eigenvalue weighted by molar-refractivity contribution is 5.65. The molecule has 0 aliphatic carbocycles. The Bertz CT molecular complexity index is 654. The Morgan fingerprint density at radius 1 is 1.09 bits per heavy atom. The van der Waals surface area contributed by atoms with Gasteiger partial charge in [-0.15, -0.1) is 0 Å². The Balaban J connectivity index is 1.64. The average Bonchev–Trinajstić information content (AvgIpc) is 2.55. The van der Waals surface area contributed by atoms with Gasteiger partial charge >= 0.3 is 6.09 Å². The van der Waals surface area contributed by atoms with Crippen LogP contribution in [0.3, 0.4) is 0 Å². The molecule has 1 N–H and O–H groups in total. The first-order valence-electron chi connectivity index (χ1n) is 6.88. The van der Waals surface area contributed by atoms with Crippen LogP contribution in [-0.2, 0) is 16.2 Å². The quantitative estimate of drug-likeness (QED) is 0.535. The number of ether oxygens (including phenoxy) is 1. The summed E-state index contributed by atoms with van der Waals surface area (Å²) in [7, 11) is 0. The van der Waals surface area contributed by atoms with Gasteiger partial charge in [-0.25, -0.2) is 4.79 Å². The summed E-state index contributed by atoms with van der Waals surface area (Å²) in [4.78, 5) is 16.3. The summed E-state index contributed by atoms with van der Waals surface area (Å²) in [6, 6.07) is 17.3. The van der Waals surface area contributed by atoms with Gasteiger partial charge < -0.3 is 4.74 Å². The maximum atomic E-state index is 11.4. The highest BCUT2D eigenvalue weighted by Gasteiger charge is 2.01. The summed E-state index contributed by atoms with van der Waals surface area (Å²) in [6.07, 6.45) is -0.638. The molecule has 22 heavy (non-hydrogen) atoms. The lowest BCUT2D eigenvalue weighted by molar-refractivity contribution is 0.0410. The van der Waals surface area contributed by atoms with E-state index in [4.69, 9.17) is 9.57 Å². The highest BCUT2D eigenvalue weighted by atomic mass is 16.7. The van der Waals surface area contributed by atoms with E-state index in [0.29, 0.717) is 0 Å². The van der Waals surface area contributed by atoms with Gasteiger partial charge in [0.05, 0.1) is 0 Å². The van der Waals surface area contributed by atoms with Crippen LogP contribution < -0.4 is 5.48 Å². The summed E-state index contributed by atoms with van der Waals surface area (Å²) in [5.41, 5.74) is 5.19. The van der Waals surface area contributed by atoms with Gasteiger partial charge in [0.25, 0.3) is 0 Å². The third-order valence-corrected chi connectivity index (χ3v) is 2.80. The predicted octanol–water partition coefficient (Wildman–Crippen LogP) is 3.20. The van der Waals surface area contributed by atoms with E-state index in [0.717, 1.165) is 11.1 Å². The number of carbonyl (C=O) groups is 1. The zero-order valence-corrected chi connectivity index (χ0v) is 12.3. The van der Waals surface area contributed by atoms with Gasteiger partial charge in [-0.05, 0) is 24.6 Å². The zero-order chi connectivity index (χ0) is 15.6. The van der Waals surface area contributed by atoms with Crippen LogP contribution in [0.25, 0.3) is 0 Å². The normalized spacial score (nSPS) is 9.50. The number of nitrogens with one attached hydrogen (secondary N) is 1. The Morgan fingerprint density at radius 2 is 1.82 bits per heavy atom. The highest BCUT2D eigenvalue weighted by Crippen LogP contribution is 2.01. The van der Waals surface area contributed by atoms with E-state index in [1.54, 1.807) is 0 Å². The van der Waals surface area contributed by atoms with Gasteiger partial charge in [0.15, 0.2) is 0 Å². The molecule has 0 unspecified atom stereocenters. The molecule has 0 saturated carbocycles. The minimum atomic E-state index is -0.638. The minimum absolute atomic E-state index is 0.0916. The lowest BCUT2D eigenvalue weighted by atomic mass is 10.2. The summed E-state index contributed by atoms with van der Waals surface area (Å²) in [5, 5.41) is 0. The molecule has 0 fully saturated rings. The van der Waals surface area contributed by atoms with Crippen molar-refractivity contribution in [2.75, 3.05) is 6.61 Å². The molecular formula is C18H17NO3. The van der Waals surface area contributed by atoms with Crippen LogP contribution in [0.4, 0.5) is 4.79 Å². The van der Waals surface area contributed by atoms with Crippen LogP contribution in [0.5, 0.6) is 0 Å². The molecule has 2 aromatic carbocycles. The second kappa shape index (κ2) is 8.50. The maximum Gasteiger partial charge on any atom is 0.431 e. The van der Waals surface area contributed by atoms with Crippen molar-refractivity contribution >= 4 is 6.09 Å². The fourth-order valence-corrected chi connectivity index (χ4v) is 1.66. The van der Waals surface area contributed by atoms with Crippen LogP contribution in [-0.4, -0.2) is 12.7 Å². The Kier molecular flexibility index (Phi) is 6.03. The van der Waals surface area contributed by atoms with Crippen molar-refractivity contribution in [2.24, 2.45) is 0 Å². The van der Waals surface area contributed by atoms with Gasteiger partial charge in [-0.2, -0.15) is 5.48 Å². The molecule has 4 heteroatoms. The van der Waals surface area contributed by atoms with Crippen molar-refractivity contribution in [3.05, 3.63) is 71.3 Å². The van der Waals surface area contributed by atoms with E-state index < -0.39 is 6.09 Å². The SMILES string of the molecule is Cc1ccc(C#CCONC(=O)OCc2ccccc2)cc1. The smallest absolute Gasteiger partial charge is 0.431 e. The molecule has 0 bridgehead atoms. The number of amides is 1. The standard InChI is InChI=1S/C18H17NO3/c1-15-9-11-16(12-10-15)8-5-13-22-19-18(20)21-14-17-6-3-2-4-7-17/h2-4,6-7,9-12H,13-14H2,1H3,(H,19,20). The van der Waals surface area contributed by atoms with Gasteiger partial charge in [-0.3, -0.25) is 4.84 Å². The first-order valence-corrected chi connectivity index (χ1v) is 6.88. The number of hydroxylamine groups is 1. The van der Waals surface area contributed by atoms with E-state index in [1.807, 2.05) is 61.5 Å². The molecule has 0 aliphatic heterocycles. The first-order chi connectivity index (χ1) is 10.7. The van der Waals surface area contributed by atoms with Crippen molar-refractivity contribution in [1.82, 2.24) is 5.48 Å². The summed E-state index contributed by atoms with van der Waals surface area (Å²) in [5.74, 6) is 5.74. The van der Waals surface area contributed by atoms with Crippen LogP contribution >= 0.6 is 0 Å². The summed E-state index contributed by atoms with van der Waals surface area (Å²) >= 11 is 0. The Labute approximate surface area is 130 Å². The second-order valence-corrected chi connectivity index (χ2v) is 4.62. The van der Waals surface area contributed by atoms with E-state index in [2.05, 4.69) is 17.3 Å². The average molecular weight is 295 g/mol. The van der Waals surface area contributed by atoms with E-state index >= 15 is 0 Å². The van der Waals surface area contributed by atoms with E-state index in [9.17, 15) is 4.79 Å². The van der Waals surface area contributed by atoms with Crippen molar-refractivity contribution in [1.29, 1.82) is 0 Å². The number of carbonyl (C=O) groups excluding carboxylic acids is 1. The molecule has 0 heterocycles. The zero-order valence-electron chi connectivity index (χ0n) is 12.3. The molecule has 0 aromatic heterocycles. The monoisotopic (exact) mass is 295 g/mol. The summed E-state index contributed by atoms with van der Waals surface area (Å²) in [6.45, 7) is 2.31. The van der Waals surface area contributed by atoms with Gasteiger partial charge in [-0.1, -0.05) is 59.9 Å². The van der Waals surface area contributed by atoms with Gasteiger partial charge in [0, 0.05) is 5.56 Å². The molecule has 4 nitrogen and oxygen atoms in total. The molecule has 0 radical (unpaired) electrons. The number of hydrogen-bond acceptors (Lipinski definition) is 3.